The van der Waals surface area contributed by atoms with Crippen LogP contribution in [0.25, 0.3) is 0 Å². The molecule has 0 radical (unpaired) electrons. The first-order valence-electron chi connectivity index (χ1n) is 5.89. The van der Waals surface area contributed by atoms with Crippen LogP contribution in [-0.2, 0) is 4.74 Å². The summed E-state index contributed by atoms with van der Waals surface area (Å²) in [5, 5.41) is 18.7. The first-order valence-corrected chi connectivity index (χ1v) is 5.89. The van der Waals surface area contributed by atoms with E-state index in [1.54, 1.807) is 12.1 Å². The fraction of sp³-hybridized carbons (Fsp3) is 0.462. The minimum Gasteiger partial charge on any atom is -0.493 e. The Labute approximate surface area is 111 Å². The first-order chi connectivity index (χ1) is 9.10. The number of methoxy groups -OCH3 is 1. The van der Waals surface area contributed by atoms with Crippen LogP contribution in [0.1, 0.15) is 17.3 Å². The summed E-state index contributed by atoms with van der Waals surface area (Å²) >= 11 is 0. The minimum atomic E-state index is -1.12. The highest BCUT2D eigenvalue weighted by Crippen LogP contribution is 2.31. The van der Waals surface area contributed by atoms with Crippen LogP contribution in [0.15, 0.2) is 18.2 Å². The molecule has 1 rings (SSSR count). The van der Waals surface area contributed by atoms with Crippen LogP contribution in [0.2, 0.25) is 0 Å². The summed E-state index contributed by atoms with van der Waals surface area (Å²) < 4.78 is 15.4. The van der Waals surface area contributed by atoms with Gasteiger partial charge in [-0.05, 0) is 19.1 Å². The lowest BCUT2D eigenvalue weighted by molar-refractivity contribution is 0.0156. The van der Waals surface area contributed by atoms with Crippen molar-refractivity contribution in [2.45, 2.75) is 13.0 Å². The zero-order chi connectivity index (χ0) is 14.3. The molecule has 1 aromatic carbocycles. The van der Waals surface area contributed by atoms with Crippen molar-refractivity contribution in [1.29, 1.82) is 0 Å². The number of carboxylic acid groups (broad SMARTS) is 1. The summed E-state index contributed by atoms with van der Waals surface area (Å²) in [6.07, 6.45) is -0.827. The zero-order valence-electron chi connectivity index (χ0n) is 11.0. The molecule has 0 aliphatic heterocycles. The number of carboxylic acids is 1. The quantitative estimate of drug-likeness (QED) is 0.737. The molecule has 0 spiro atoms. The fourth-order valence-corrected chi connectivity index (χ4v) is 1.48. The van der Waals surface area contributed by atoms with Gasteiger partial charge in [0.25, 0.3) is 0 Å². The number of aliphatic hydroxyl groups excluding tert-OH is 1. The third kappa shape index (κ3) is 4.42. The fourth-order valence-electron chi connectivity index (χ4n) is 1.48. The minimum absolute atomic E-state index is 0.0111. The Morgan fingerprint density at radius 2 is 2.11 bits per heavy atom. The third-order valence-corrected chi connectivity index (χ3v) is 2.36. The van der Waals surface area contributed by atoms with Crippen LogP contribution in [0, 0.1) is 0 Å². The first kappa shape index (κ1) is 15.3. The summed E-state index contributed by atoms with van der Waals surface area (Å²) in [5.74, 6) is -0.704. The second kappa shape index (κ2) is 7.60. The number of aliphatic hydroxyl groups is 1. The van der Waals surface area contributed by atoms with Crippen LogP contribution in [-0.4, -0.2) is 49.2 Å². The van der Waals surface area contributed by atoms with Gasteiger partial charge in [-0.25, -0.2) is 4.79 Å². The molecular formula is C13H18O6. The average Bonchev–Trinajstić information content (AvgIpc) is 2.42. The molecule has 19 heavy (non-hydrogen) atoms. The van der Waals surface area contributed by atoms with Gasteiger partial charge >= 0.3 is 5.97 Å². The molecular weight excluding hydrogens is 252 g/mol. The number of carbonyl (C=O) groups is 1. The Balaban J connectivity index is 2.78. The van der Waals surface area contributed by atoms with Crippen molar-refractivity contribution in [2.24, 2.45) is 0 Å². The molecule has 0 aliphatic rings. The smallest absolute Gasteiger partial charge is 0.339 e. The van der Waals surface area contributed by atoms with E-state index in [2.05, 4.69) is 0 Å². The number of rotatable bonds is 8. The van der Waals surface area contributed by atoms with Gasteiger partial charge in [0.05, 0.1) is 13.7 Å². The van der Waals surface area contributed by atoms with Crippen molar-refractivity contribution in [3.63, 3.8) is 0 Å². The Hall–Kier alpha value is -1.79. The van der Waals surface area contributed by atoms with Crippen LogP contribution in [0.3, 0.4) is 0 Å². The normalized spacial score (nSPS) is 11.9. The van der Waals surface area contributed by atoms with E-state index in [4.69, 9.17) is 19.3 Å². The topological polar surface area (TPSA) is 85.2 Å². The van der Waals surface area contributed by atoms with E-state index in [9.17, 15) is 9.90 Å². The van der Waals surface area contributed by atoms with Crippen molar-refractivity contribution in [1.82, 2.24) is 0 Å². The molecule has 6 nitrogen and oxygen atoms in total. The lowest BCUT2D eigenvalue weighted by atomic mass is 10.2. The molecule has 0 saturated carbocycles. The lowest BCUT2D eigenvalue weighted by Gasteiger charge is -2.15. The third-order valence-electron chi connectivity index (χ3n) is 2.36. The van der Waals surface area contributed by atoms with E-state index >= 15 is 0 Å². The van der Waals surface area contributed by atoms with E-state index in [-0.39, 0.29) is 24.5 Å². The van der Waals surface area contributed by atoms with E-state index in [1.807, 2.05) is 6.92 Å². The Bertz CT molecular complexity index is 418. The summed E-state index contributed by atoms with van der Waals surface area (Å²) in [6, 6.07) is 4.57. The average molecular weight is 270 g/mol. The van der Waals surface area contributed by atoms with Gasteiger partial charge in [-0.1, -0.05) is 6.07 Å². The van der Waals surface area contributed by atoms with Crippen LogP contribution < -0.4 is 9.47 Å². The van der Waals surface area contributed by atoms with E-state index in [1.165, 1.54) is 13.2 Å². The van der Waals surface area contributed by atoms with Crippen molar-refractivity contribution in [3.05, 3.63) is 23.8 Å². The second-order valence-electron chi connectivity index (χ2n) is 3.77. The van der Waals surface area contributed by atoms with Gasteiger partial charge in [-0.2, -0.15) is 0 Å². The number of para-hydroxylation sites is 1. The van der Waals surface area contributed by atoms with Gasteiger partial charge in [0, 0.05) is 6.61 Å². The molecule has 0 amide bonds. The van der Waals surface area contributed by atoms with Crippen molar-refractivity contribution in [2.75, 3.05) is 26.9 Å². The van der Waals surface area contributed by atoms with E-state index < -0.39 is 12.1 Å². The van der Waals surface area contributed by atoms with Gasteiger partial charge < -0.3 is 24.4 Å². The van der Waals surface area contributed by atoms with Gasteiger partial charge in [-0.15, -0.1) is 0 Å². The van der Waals surface area contributed by atoms with Crippen LogP contribution in [0.5, 0.6) is 11.5 Å². The SMILES string of the molecule is CCOCC(O)COc1c(OC)cccc1C(=O)O. The highest BCUT2D eigenvalue weighted by molar-refractivity contribution is 5.92. The molecule has 0 fully saturated rings. The highest BCUT2D eigenvalue weighted by Gasteiger charge is 2.17. The predicted octanol–water partition coefficient (Wildman–Crippen LogP) is 1.17. The van der Waals surface area contributed by atoms with Gasteiger partial charge in [-0.3, -0.25) is 0 Å². The molecule has 1 aromatic rings. The van der Waals surface area contributed by atoms with E-state index in [0.29, 0.717) is 12.4 Å². The highest BCUT2D eigenvalue weighted by atomic mass is 16.5. The van der Waals surface area contributed by atoms with Crippen LogP contribution >= 0.6 is 0 Å². The summed E-state index contributed by atoms with van der Waals surface area (Å²) in [5.41, 5.74) is -0.0111. The molecule has 2 N–H and O–H groups in total. The molecule has 1 atom stereocenters. The van der Waals surface area contributed by atoms with Crippen LogP contribution in [0.4, 0.5) is 0 Å². The molecule has 0 heterocycles. The number of hydrogen-bond donors (Lipinski definition) is 2. The molecule has 6 heteroatoms. The molecule has 1 unspecified atom stereocenters. The van der Waals surface area contributed by atoms with E-state index in [0.717, 1.165) is 0 Å². The van der Waals surface area contributed by atoms with Crippen molar-refractivity contribution >= 4 is 5.97 Å². The number of benzene rings is 1. The summed E-state index contributed by atoms with van der Waals surface area (Å²) in [4.78, 5) is 11.1. The number of ether oxygens (including phenoxy) is 3. The van der Waals surface area contributed by atoms with Crippen molar-refractivity contribution in [3.8, 4) is 11.5 Å². The van der Waals surface area contributed by atoms with Gasteiger partial charge in [0.15, 0.2) is 11.5 Å². The molecule has 0 aliphatic carbocycles. The Kier molecular flexibility index (Phi) is 6.11. The summed E-state index contributed by atoms with van der Waals surface area (Å²) in [7, 11) is 1.42. The van der Waals surface area contributed by atoms with Gasteiger partial charge in [0.1, 0.15) is 18.3 Å². The second-order valence-corrected chi connectivity index (χ2v) is 3.77. The monoisotopic (exact) mass is 270 g/mol. The maximum atomic E-state index is 11.1. The zero-order valence-corrected chi connectivity index (χ0v) is 11.0. The van der Waals surface area contributed by atoms with Crippen molar-refractivity contribution < 1.29 is 29.2 Å². The van der Waals surface area contributed by atoms with Gasteiger partial charge in [0.2, 0.25) is 0 Å². The maximum absolute atomic E-state index is 11.1. The number of aromatic carboxylic acids is 1. The lowest BCUT2D eigenvalue weighted by Crippen LogP contribution is -2.24. The number of hydrogen-bond acceptors (Lipinski definition) is 5. The maximum Gasteiger partial charge on any atom is 0.339 e. The standard InChI is InChI=1S/C13H18O6/c1-3-18-7-9(14)8-19-12-10(13(15)16)5-4-6-11(12)17-2/h4-6,9,14H,3,7-8H2,1-2H3,(H,15,16). The Morgan fingerprint density at radius 3 is 2.68 bits per heavy atom. The molecule has 0 bridgehead atoms. The largest absolute Gasteiger partial charge is 0.493 e. The predicted molar refractivity (Wildman–Crippen MR) is 67.9 cm³/mol. The molecule has 0 aromatic heterocycles. The molecule has 0 saturated heterocycles. The molecule has 106 valence electrons. The Morgan fingerprint density at radius 1 is 1.37 bits per heavy atom. The summed E-state index contributed by atoms with van der Waals surface area (Å²) in [6.45, 7) is 2.37.